The Bertz CT molecular complexity index is 929. The molecule has 0 radical (unpaired) electrons. The highest BCUT2D eigenvalue weighted by molar-refractivity contribution is 5.89. The van der Waals surface area contributed by atoms with Crippen LogP contribution < -0.4 is 16.0 Å². The van der Waals surface area contributed by atoms with Gasteiger partial charge in [0.05, 0.1) is 5.56 Å². The predicted molar refractivity (Wildman–Crippen MR) is 96.1 cm³/mol. The Kier molecular flexibility index (Phi) is 5.72. The van der Waals surface area contributed by atoms with E-state index in [0.29, 0.717) is 18.2 Å². The largest absolute Gasteiger partial charge is 0.416 e. The molecule has 28 heavy (non-hydrogen) atoms. The van der Waals surface area contributed by atoms with Crippen LogP contribution in [0, 0.1) is 0 Å². The van der Waals surface area contributed by atoms with Gasteiger partial charge in [0.15, 0.2) is 5.82 Å². The summed E-state index contributed by atoms with van der Waals surface area (Å²) in [5.74, 6) is 1.12. The molecular weight excluding hydrogens is 375 g/mol. The number of anilines is 2. The number of carbonyl (C=O) groups excluding carboxylic acids is 1. The van der Waals surface area contributed by atoms with Crippen LogP contribution in [0.5, 0.6) is 0 Å². The Balaban J connectivity index is 1.46. The summed E-state index contributed by atoms with van der Waals surface area (Å²) in [6, 6.07) is 7.26. The van der Waals surface area contributed by atoms with Gasteiger partial charge >= 0.3 is 12.2 Å². The number of amides is 2. The molecule has 8 nitrogen and oxygen atoms in total. The quantitative estimate of drug-likeness (QED) is 0.562. The Morgan fingerprint density at radius 2 is 1.96 bits per heavy atom. The highest BCUT2D eigenvalue weighted by Crippen LogP contribution is 2.30. The molecule has 3 N–H and O–H groups in total. The fourth-order valence-corrected chi connectivity index (χ4v) is 2.29. The Labute approximate surface area is 157 Å². The summed E-state index contributed by atoms with van der Waals surface area (Å²) in [6.45, 7) is 0.581. The zero-order chi connectivity index (χ0) is 20.0. The van der Waals surface area contributed by atoms with Gasteiger partial charge in [-0.05, 0) is 24.3 Å². The monoisotopic (exact) mass is 391 g/mol. The van der Waals surface area contributed by atoms with Crippen molar-refractivity contribution < 1.29 is 18.0 Å². The van der Waals surface area contributed by atoms with Crippen LogP contribution in [-0.2, 0) is 6.18 Å². The van der Waals surface area contributed by atoms with Gasteiger partial charge in [0.2, 0.25) is 0 Å². The van der Waals surface area contributed by atoms with E-state index in [2.05, 4.69) is 31.0 Å². The number of nitrogens with zero attached hydrogens (tertiary/aromatic N) is 4. The molecule has 0 unspecified atom stereocenters. The molecule has 0 spiro atoms. The first-order valence-electron chi connectivity index (χ1n) is 8.20. The molecule has 11 heteroatoms. The second-order valence-electron chi connectivity index (χ2n) is 5.60. The second-order valence-corrected chi connectivity index (χ2v) is 5.60. The number of hydrogen-bond acceptors (Lipinski definition) is 5. The lowest BCUT2D eigenvalue weighted by Crippen LogP contribution is -2.32. The van der Waals surface area contributed by atoms with Gasteiger partial charge in [-0.3, -0.25) is 0 Å². The number of carbonyl (C=O) groups is 1. The van der Waals surface area contributed by atoms with Gasteiger partial charge < -0.3 is 16.0 Å². The van der Waals surface area contributed by atoms with Crippen LogP contribution in [0.25, 0.3) is 5.82 Å². The predicted octanol–water partition coefficient (Wildman–Crippen LogP) is 2.91. The minimum atomic E-state index is -4.47. The maximum absolute atomic E-state index is 12.7. The van der Waals surface area contributed by atoms with Crippen LogP contribution >= 0.6 is 0 Å². The summed E-state index contributed by atoms with van der Waals surface area (Å²) in [5, 5.41) is 12.0. The number of rotatable bonds is 6. The van der Waals surface area contributed by atoms with Crippen LogP contribution in [0.3, 0.4) is 0 Å². The van der Waals surface area contributed by atoms with Crippen LogP contribution in [-0.4, -0.2) is 38.9 Å². The fraction of sp³-hybridized carbons (Fsp3) is 0.176. The van der Waals surface area contributed by atoms with Crippen molar-refractivity contribution in [2.75, 3.05) is 23.7 Å². The van der Waals surface area contributed by atoms with Crippen LogP contribution in [0.15, 0.2) is 55.1 Å². The summed E-state index contributed by atoms with van der Waals surface area (Å²) in [4.78, 5) is 20.0. The summed E-state index contributed by atoms with van der Waals surface area (Å²) < 4.78 is 39.6. The van der Waals surface area contributed by atoms with Gasteiger partial charge in [0, 0.05) is 37.2 Å². The Morgan fingerprint density at radius 1 is 1.11 bits per heavy atom. The van der Waals surface area contributed by atoms with E-state index >= 15 is 0 Å². The van der Waals surface area contributed by atoms with Gasteiger partial charge in [-0.2, -0.15) is 18.3 Å². The minimum Gasteiger partial charge on any atom is -0.368 e. The minimum absolute atomic E-state index is 0.0555. The van der Waals surface area contributed by atoms with E-state index in [1.165, 1.54) is 18.5 Å². The average molecular weight is 391 g/mol. The number of benzene rings is 1. The number of alkyl halides is 3. The summed E-state index contributed by atoms with van der Waals surface area (Å²) in [6.07, 6.45) is 0.283. The van der Waals surface area contributed by atoms with Crippen molar-refractivity contribution in [2.45, 2.75) is 6.18 Å². The van der Waals surface area contributed by atoms with Crippen molar-refractivity contribution in [1.82, 2.24) is 25.1 Å². The molecule has 3 rings (SSSR count). The van der Waals surface area contributed by atoms with Crippen molar-refractivity contribution in [3.63, 3.8) is 0 Å². The first kappa shape index (κ1) is 19.1. The van der Waals surface area contributed by atoms with Crippen LogP contribution in [0.4, 0.5) is 29.5 Å². The third kappa shape index (κ3) is 5.19. The zero-order valence-electron chi connectivity index (χ0n) is 14.4. The van der Waals surface area contributed by atoms with Gasteiger partial charge in [-0.25, -0.2) is 19.4 Å². The van der Waals surface area contributed by atoms with Crippen molar-refractivity contribution in [3.8, 4) is 5.82 Å². The molecule has 2 amide bonds. The van der Waals surface area contributed by atoms with Crippen molar-refractivity contribution >= 4 is 17.5 Å². The van der Waals surface area contributed by atoms with E-state index in [0.717, 1.165) is 12.1 Å². The lowest BCUT2D eigenvalue weighted by atomic mass is 10.2. The number of aromatic nitrogens is 4. The van der Waals surface area contributed by atoms with Gasteiger partial charge in [0.1, 0.15) is 12.1 Å². The summed E-state index contributed by atoms with van der Waals surface area (Å²) in [7, 11) is 0. The topological polar surface area (TPSA) is 96.8 Å². The molecule has 0 aliphatic rings. The molecule has 0 bridgehead atoms. The van der Waals surface area contributed by atoms with E-state index in [4.69, 9.17) is 0 Å². The highest BCUT2D eigenvalue weighted by Gasteiger charge is 2.30. The van der Waals surface area contributed by atoms with Gasteiger partial charge in [-0.15, -0.1) is 0 Å². The van der Waals surface area contributed by atoms with E-state index < -0.39 is 17.8 Å². The van der Waals surface area contributed by atoms with Crippen molar-refractivity contribution in [3.05, 3.63) is 60.7 Å². The van der Waals surface area contributed by atoms with Crippen molar-refractivity contribution in [1.29, 1.82) is 0 Å². The molecule has 1 aromatic carbocycles. The molecule has 2 aromatic heterocycles. The average Bonchev–Trinajstić information content (AvgIpc) is 3.20. The molecule has 0 fully saturated rings. The lowest BCUT2D eigenvalue weighted by molar-refractivity contribution is -0.137. The molecule has 0 saturated heterocycles. The molecule has 146 valence electrons. The fourth-order valence-electron chi connectivity index (χ4n) is 2.29. The maximum Gasteiger partial charge on any atom is 0.416 e. The van der Waals surface area contributed by atoms with E-state index in [1.54, 1.807) is 29.2 Å². The van der Waals surface area contributed by atoms with E-state index in [9.17, 15) is 18.0 Å². The SMILES string of the molecule is O=C(NCCNc1cc(-n2cccn2)ncn1)Nc1cccc(C(F)(F)F)c1. The molecule has 0 atom stereocenters. The first-order chi connectivity index (χ1) is 13.4. The number of hydrogen-bond donors (Lipinski definition) is 3. The number of halogens is 3. The van der Waals surface area contributed by atoms with E-state index in [1.807, 2.05) is 0 Å². The van der Waals surface area contributed by atoms with Crippen LogP contribution in [0.1, 0.15) is 5.56 Å². The second kappa shape index (κ2) is 8.37. The highest BCUT2D eigenvalue weighted by atomic mass is 19.4. The molecule has 0 aliphatic carbocycles. The normalized spacial score (nSPS) is 11.1. The summed E-state index contributed by atoms with van der Waals surface area (Å²) >= 11 is 0. The van der Waals surface area contributed by atoms with E-state index in [-0.39, 0.29) is 12.2 Å². The molecule has 2 heterocycles. The lowest BCUT2D eigenvalue weighted by Gasteiger charge is -2.11. The smallest absolute Gasteiger partial charge is 0.368 e. The van der Waals surface area contributed by atoms with Crippen LogP contribution in [0.2, 0.25) is 0 Å². The molecule has 0 aliphatic heterocycles. The molecule has 3 aromatic rings. The Hall–Kier alpha value is -3.63. The standard InChI is InChI=1S/C17H16F3N7O/c18-17(19,20)12-3-1-4-13(9-12)26-16(28)22-7-6-21-14-10-15(24-11-23-14)27-8-2-5-25-27/h1-5,8-11H,6-7H2,(H,21,23,24)(H2,22,26,28). The maximum atomic E-state index is 12.7. The third-order valence-corrected chi connectivity index (χ3v) is 3.56. The third-order valence-electron chi connectivity index (χ3n) is 3.56. The first-order valence-corrected chi connectivity index (χ1v) is 8.20. The number of urea groups is 1. The Morgan fingerprint density at radius 3 is 2.71 bits per heavy atom. The zero-order valence-corrected chi connectivity index (χ0v) is 14.4. The van der Waals surface area contributed by atoms with Gasteiger partial charge in [0.25, 0.3) is 0 Å². The van der Waals surface area contributed by atoms with Gasteiger partial charge in [-0.1, -0.05) is 6.07 Å². The molecular formula is C17H16F3N7O. The van der Waals surface area contributed by atoms with Crippen molar-refractivity contribution in [2.24, 2.45) is 0 Å². The molecule has 0 saturated carbocycles. The number of nitrogens with one attached hydrogen (secondary N) is 3. The summed E-state index contributed by atoms with van der Waals surface area (Å²) in [5.41, 5.74) is -0.774.